The van der Waals surface area contributed by atoms with Gasteiger partial charge < -0.3 is 5.73 Å². The first-order valence-corrected chi connectivity index (χ1v) is 8.67. The van der Waals surface area contributed by atoms with Crippen molar-refractivity contribution in [2.75, 3.05) is 10.5 Å². The van der Waals surface area contributed by atoms with Gasteiger partial charge in [-0.3, -0.25) is 4.72 Å². The molecule has 1 aromatic heterocycles. The number of nitrogen functional groups attached to an aromatic ring is 1. The highest BCUT2D eigenvalue weighted by atomic mass is 79.9. The quantitative estimate of drug-likeness (QED) is 0.757. The van der Waals surface area contributed by atoms with Gasteiger partial charge in [-0.2, -0.15) is 0 Å². The highest BCUT2D eigenvalue weighted by molar-refractivity contribution is 9.10. The van der Waals surface area contributed by atoms with Crippen LogP contribution in [-0.4, -0.2) is 8.42 Å². The van der Waals surface area contributed by atoms with Crippen molar-refractivity contribution in [2.45, 2.75) is 4.90 Å². The minimum absolute atomic E-state index is 0.0570. The summed E-state index contributed by atoms with van der Waals surface area (Å²) in [4.78, 5) is -0.0570. The van der Waals surface area contributed by atoms with E-state index in [1.54, 1.807) is 12.1 Å². The second-order valence-electron chi connectivity index (χ2n) is 3.53. The zero-order chi connectivity index (χ0) is 14.2. The van der Waals surface area contributed by atoms with Gasteiger partial charge in [0.15, 0.2) is 0 Å². The monoisotopic (exact) mass is 400 g/mol. The van der Waals surface area contributed by atoms with Gasteiger partial charge in [0.25, 0.3) is 10.0 Å². The maximum absolute atomic E-state index is 12.2. The van der Waals surface area contributed by atoms with Gasteiger partial charge in [0.2, 0.25) is 0 Å². The lowest BCUT2D eigenvalue weighted by atomic mass is 10.3. The Morgan fingerprint density at radius 3 is 2.53 bits per heavy atom. The van der Waals surface area contributed by atoms with Crippen LogP contribution in [0.3, 0.4) is 0 Å². The van der Waals surface area contributed by atoms with Crippen LogP contribution in [0.15, 0.2) is 33.6 Å². The van der Waals surface area contributed by atoms with Crippen molar-refractivity contribution >= 4 is 71.9 Å². The Balaban J connectivity index is 2.42. The number of nitrogens with two attached hydrogens (primary N) is 1. The maximum Gasteiger partial charge on any atom is 0.264 e. The number of nitrogens with one attached hydrogen (secondary N) is 1. The molecule has 2 aromatic rings. The summed E-state index contributed by atoms with van der Waals surface area (Å²) in [5, 5.41) is 0. The van der Waals surface area contributed by atoms with E-state index in [0.29, 0.717) is 20.2 Å². The van der Waals surface area contributed by atoms with Crippen LogP contribution in [0.25, 0.3) is 0 Å². The van der Waals surface area contributed by atoms with E-state index in [9.17, 15) is 8.42 Å². The fraction of sp³-hybridized carbons (Fsp3) is 0. The molecule has 9 heteroatoms. The molecule has 2 rings (SSSR count). The molecule has 0 aliphatic heterocycles. The first kappa shape index (κ1) is 14.9. The number of hydrogen-bond acceptors (Lipinski definition) is 4. The smallest absolute Gasteiger partial charge is 0.264 e. The van der Waals surface area contributed by atoms with Crippen molar-refractivity contribution in [3.63, 3.8) is 0 Å². The van der Waals surface area contributed by atoms with E-state index in [1.165, 1.54) is 12.1 Å². The molecule has 102 valence electrons. The van der Waals surface area contributed by atoms with Crippen LogP contribution in [0.2, 0.25) is 8.67 Å². The van der Waals surface area contributed by atoms with Gasteiger partial charge in [-0.25, -0.2) is 8.42 Å². The molecule has 0 radical (unpaired) electrons. The van der Waals surface area contributed by atoms with Crippen molar-refractivity contribution in [3.8, 4) is 0 Å². The third-order valence-electron chi connectivity index (χ3n) is 2.15. The van der Waals surface area contributed by atoms with Crippen LogP contribution in [-0.2, 0) is 10.0 Å². The third kappa shape index (κ3) is 3.35. The molecule has 0 unspecified atom stereocenters. The molecule has 0 bridgehead atoms. The fourth-order valence-corrected chi connectivity index (χ4v) is 5.03. The molecule has 0 aliphatic rings. The number of halogens is 3. The Labute approximate surface area is 132 Å². The van der Waals surface area contributed by atoms with E-state index in [4.69, 9.17) is 28.9 Å². The lowest BCUT2D eigenvalue weighted by Crippen LogP contribution is -2.13. The van der Waals surface area contributed by atoms with Crippen molar-refractivity contribution in [1.29, 1.82) is 0 Å². The van der Waals surface area contributed by atoms with Crippen LogP contribution in [0.1, 0.15) is 0 Å². The van der Waals surface area contributed by atoms with Gasteiger partial charge in [-0.1, -0.05) is 23.2 Å². The summed E-state index contributed by atoms with van der Waals surface area (Å²) < 4.78 is 27.8. The molecule has 3 N–H and O–H groups in total. The highest BCUT2D eigenvalue weighted by Crippen LogP contribution is 2.36. The topological polar surface area (TPSA) is 72.2 Å². The molecule has 4 nitrogen and oxygen atoms in total. The summed E-state index contributed by atoms with van der Waals surface area (Å²) >= 11 is 15.8. The van der Waals surface area contributed by atoms with Gasteiger partial charge >= 0.3 is 0 Å². The molecule has 1 aromatic carbocycles. The molecule has 19 heavy (non-hydrogen) atoms. The zero-order valence-corrected chi connectivity index (χ0v) is 13.9. The SMILES string of the molecule is Nc1ccc(Br)c(NS(=O)(=O)c2cc(Cl)sc2Cl)c1. The summed E-state index contributed by atoms with van der Waals surface area (Å²) in [7, 11) is -3.80. The third-order valence-corrected chi connectivity index (χ3v) is 5.96. The number of rotatable bonds is 3. The molecule has 0 amide bonds. The minimum Gasteiger partial charge on any atom is -0.399 e. The molecular weight excluding hydrogens is 395 g/mol. The number of sulfonamides is 1. The number of anilines is 2. The predicted molar refractivity (Wildman–Crippen MR) is 83.7 cm³/mol. The summed E-state index contributed by atoms with van der Waals surface area (Å²) in [5.74, 6) is 0. The van der Waals surface area contributed by atoms with Crippen molar-refractivity contribution < 1.29 is 8.42 Å². The lowest BCUT2D eigenvalue weighted by molar-refractivity contribution is 0.601. The number of benzene rings is 1. The largest absolute Gasteiger partial charge is 0.399 e. The van der Waals surface area contributed by atoms with Crippen LogP contribution in [0.5, 0.6) is 0 Å². The average Bonchev–Trinajstić information content (AvgIpc) is 2.63. The van der Waals surface area contributed by atoms with E-state index in [2.05, 4.69) is 20.7 Å². The Morgan fingerprint density at radius 2 is 1.95 bits per heavy atom. The second kappa shape index (κ2) is 5.49. The summed E-state index contributed by atoms with van der Waals surface area (Å²) in [5.41, 5.74) is 6.39. The first-order valence-electron chi connectivity index (χ1n) is 4.82. The minimum atomic E-state index is -3.80. The molecule has 0 saturated carbocycles. The Morgan fingerprint density at radius 1 is 1.26 bits per heavy atom. The lowest BCUT2D eigenvalue weighted by Gasteiger charge is -2.09. The normalized spacial score (nSPS) is 11.5. The van der Waals surface area contributed by atoms with Crippen LogP contribution in [0.4, 0.5) is 11.4 Å². The predicted octanol–water partition coefficient (Wildman–Crippen LogP) is 4.20. The Hall–Kier alpha value is -0.470. The second-order valence-corrected chi connectivity index (χ2v) is 8.32. The molecule has 0 aliphatic carbocycles. The molecule has 0 atom stereocenters. The van der Waals surface area contributed by atoms with Crippen LogP contribution < -0.4 is 10.5 Å². The van der Waals surface area contributed by atoms with Crippen LogP contribution >= 0.6 is 50.5 Å². The maximum atomic E-state index is 12.2. The van der Waals surface area contributed by atoms with E-state index < -0.39 is 10.0 Å². The van der Waals surface area contributed by atoms with Gasteiger partial charge in [-0.05, 0) is 40.2 Å². The molecule has 1 heterocycles. The van der Waals surface area contributed by atoms with Crippen LogP contribution in [0, 0.1) is 0 Å². The van der Waals surface area contributed by atoms with Crippen molar-refractivity contribution in [1.82, 2.24) is 0 Å². The van der Waals surface area contributed by atoms with Gasteiger partial charge in [-0.15, -0.1) is 11.3 Å². The standard InChI is InChI=1S/C10H7BrCl2N2O2S2/c11-6-2-1-5(14)3-7(6)15-19(16,17)8-4-9(12)18-10(8)13/h1-4,15H,14H2. The fourth-order valence-electron chi connectivity index (χ4n) is 1.33. The van der Waals surface area contributed by atoms with Gasteiger partial charge in [0.05, 0.1) is 10.0 Å². The number of hydrogen-bond donors (Lipinski definition) is 2. The molecule has 0 saturated heterocycles. The highest BCUT2D eigenvalue weighted by Gasteiger charge is 2.22. The molecule has 0 spiro atoms. The Bertz CT molecular complexity index is 731. The van der Waals surface area contributed by atoms with E-state index in [0.717, 1.165) is 11.3 Å². The van der Waals surface area contributed by atoms with Gasteiger partial charge in [0.1, 0.15) is 9.23 Å². The molecule has 0 fully saturated rings. The first-order chi connectivity index (χ1) is 8.79. The summed E-state index contributed by atoms with van der Waals surface area (Å²) in [6.45, 7) is 0. The summed E-state index contributed by atoms with van der Waals surface area (Å²) in [6, 6.07) is 6.10. The zero-order valence-electron chi connectivity index (χ0n) is 9.15. The average molecular weight is 402 g/mol. The van der Waals surface area contributed by atoms with Gasteiger partial charge in [0, 0.05) is 10.2 Å². The summed E-state index contributed by atoms with van der Waals surface area (Å²) in [6.07, 6.45) is 0. The number of thiophene rings is 1. The van der Waals surface area contributed by atoms with Crippen molar-refractivity contribution in [3.05, 3.63) is 37.4 Å². The molecular formula is C10H7BrCl2N2O2S2. The van der Waals surface area contributed by atoms with E-state index in [1.807, 2.05) is 0 Å². The Kier molecular flexibility index (Phi) is 4.32. The van der Waals surface area contributed by atoms with E-state index >= 15 is 0 Å². The van der Waals surface area contributed by atoms with E-state index in [-0.39, 0.29) is 9.23 Å². The van der Waals surface area contributed by atoms with Crippen molar-refractivity contribution in [2.24, 2.45) is 0 Å².